The van der Waals surface area contributed by atoms with Crippen LogP contribution >= 0.6 is 0 Å². The molecule has 0 aromatic heterocycles. The number of rotatable bonds is 3. The van der Waals surface area contributed by atoms with Gasteiger partial charge in [0.05, 0.1) is 17.1 Å². The van der Waals surface area contributed by atoms with Gasteiger partial charge in [-0.05, 0) is 18.1 Å². The van der Waals surface area contributed by atoms with Gasteiger partial charge in [0, 0.05) is 0 Å². The Morgan fingerprint density at radius 2 is 2.07 bits per heavy atom. The van der Waals surface area contributed by atoms with Gasteiger partial charge < -0.3 is 4.74 Å². The summed E-state index contributed by atoms with van der Waals surface area (Å²) in [5.41, 5.74) is 1.09. The lowest BCUT2D eigenvalue weighted by molar-refractivity contribution is -0.573. The van der Waals surface area contributed by atoms with Crippen LogP contribution in [0.25, 0.3) is 0 Å². The molecule has 15 heavy (non-hydrogen) atoms. The third-order valence-corrected chi connectivity index (χ3v) is 2.43. The van der Waals surface area contributed by atoms with E-state index in [0.717, 1.165) is 5.56 Å². The van der Waals surface area contributed by atoms with Crippen molar-refractivity contribution in [3.63, 3.8) is 0 Å². The number of hydrogen-bond acceptors (Lipinski definition) is 3. The minimum absolute atomic E-state index is 0.164. The predicted molar refractivity (Wildman–Crippen MR) is 54.6 cm³/mol. The van der Waals surface area contributed by atoms with Crippen molar-refractivity contribution in [2.75, 3.05) is 0 Å². The molecule has 0 radical (unpaired) electrons. The molecule has 0 saturated carbocycles. The van der Waals surface area contributed by atoms with Gasteiger partial charge >= 0.3 is 6.23 Å². The first-order valence-electron chi connectivity index (χ1n) is 4.77. The molecule has 1 aromatic carbocycles. The third kappa shape index (κ3) is 2.15. The molecule has 4 heteroatoms. The van der Waals surface area contributed by atoms with Gasteiger partial charge in [0.1, 0.15) is 0 Å². The second-order valence-electron chi connectivity index (χ2n) is 3.49. The minimum atomic E-state index is -0.926. The Morgan fingerprint density at radius 1 is 1.33 bits per heavy atom. The fraction of sp³-hybridized carbons (Fsp3) is 0.273. The molecule has 2 atom stereocenters. The first-order chi connectivity index (χ1) is 7.27. The van der Waals surface area contributed by atoms with E-state index in [1.165, 1.54) is 6.26 Å². The Bertz CT molecular complexity index is 375. The highest BCUT2D eigenvalue weighted by Gasteiger charge is 2.34. The fourth-order valence-electron chi connectivity index (χ4n) is 1.68. The van der Waals surface area contributed by atoms with Crippen LogP contribution in [0.1, 0.15) is 5.56 Å². The summed E-state index contributed by atoms with van der Waals surface area (Å²) in [6.07, 6.45) is 2.88. The van der Waals surface area contributed by atoms with Crippen molar-refractivity contribution in [3.8, 4) is 0 Å². The summed E-state index contributed by atoms with van der Waals surface area (Å²) < 4.78 is 4.92. The van der Waals surface area contributed by atoms with Gasteiger partial charge in [-0.2, -0.15) is 0 Å². The number of hydrogen-bond donors (Lipinski definition) is 0. The van der Waals surface area contributed by atoms with Crippen LogP contribution in [0.4, 0.5) is 0 Å². The van der Waals surface area contributed by atoms with E-state index in [4.69, 9.17) is 4.74 Å². The number of ether oxygens (including phenoxy) is 1. The lowest BCUT2D eigenvalue weighted by atomic mass is 9.99. The monoisotopic (exact) mass is 205 g/mol. The van der Waals surface area contributed by atoms with Gasteiger partial charge in [-0.1, -0.05) is 30.3 Å². The van der Waals surface area contributed by atoms with Gasteiger partial charge in [0.15, 0.2) is 0 Å². The van der Waals surface area contributed by atoms with E-state index >= 15 is 0 Å². The molecule has 0 saturated heterocycles. The van der Waals surface area contributed by atoms with Crippen molar-refractivity contribution in [1.82, 2.24) is 0 Å². The molecule has 2 rings (SSSR count). The van der Waals surface area contributed by atoms with Crippen LogP contribution in [0.5, 0.6) is 0 Å². The molecule has 0 unspecified atom stereocenters. The molecule has 0 spiro atoms. The van der Waals surface area contributed by atoms with Crippen molar-refractivity contribution in [2.45, 2.75) is 12.6 Å². The minimum Gasteiger partial charge on any atom is -0.438 e. The smallest absolute Gasteiger partial charge is 0.359 e. The molecule has 1 aromatic rings. The van der Waals surface area contributed by atoms with E-state index in [2.05, 4.69) is 0 Å². The molecular weight excluding hydrogens is 194 g/mol. The summed E-state index contributed by atoms with van der Waals surface area (Å²) in [6, 6.07) is 9.70. The van der Waals surface area contributed by atoms with E-state index in [0.29, 0.717) is 6.42 Å². The summed E-state index contributed by atoms with van der Waals surface area (Å²) in [5.74, 6) is -0.164. The lowest BCUT2D eigenvalue weighted by Crippen LogP contribution is -2.27. The van der Waals surface area contributed by atoms with Crippen LogP contribution < -0.4 is 0 Å². The summed E-state index contributed by atoms with van der Waals surface area (Å²) in [4.78, 5) is 10.3. The zero-order valence-electron chi connectivity index (χ0n) is 8.08. The molecule has 78 valence electrons. The molecule has 0 amide bonds. The summed E-state index contributed by atoms with van der Waals surface area (Å²) in [7, 11) is 0. The molecule has 1 heterocycles. The molecule has 0 bridgehead atoms. The maximum atomic E-state index is 10.6. The largest absolute Gasteiger partial charge is 0.438 e. The molecule has 0 fully saturated rings. The second-order valence-corrected chi connectivity index (χ2v) is 3.49. The molecule has 0 N–H and O–H groups in total. The Hall–Kier alpha value is -1.84. The van der Waals surface area contributed by atoms with Crippen LogP contribution in [0.15, 0.2) is 42.7 Å². The summed E-state index contributed by atoms with van der Waals surface area (Å²) in [5, 5.41) is 10.6. The SMILES string of the molecule is O=[N+]([O-])[C@@H]1OC=C[C@H]1Cc1ccccc1. The van der Waals surface area contributed by atoms with Gasteiger partial charge in [-0.25, -0.2) is 0 Å². The number of nitrogens with zero attached hydrogens (tertiary/aromatic N) is 1. The zero-order valence-corrected chi connectivity index (χ0v) is 8.08. The number of nitro groups is 1. The topological polar surface area (TPSA) is 52.4 Å². The van der Waals surface area contributed by atoms with Crippen LogP contribution in [0.3, 0.4) is 0 Å². The Balaban J connectivity index is 2.06. The summed E-state index contributed by atoms with van der Waals surface area (Å²) in [6.45, 7) is 0. The van der Waals surface area contributed by atoms with E-state index in [1.54, 1.807) is 6.08 Å². The van der Waals surface area contributed by atoms with E-state index in [1.807, 2.05) is 30.3 Å². The maximum Gasteiger partial charge on any atom is 0.359 e. The van der Waals surface area contributed by atoms with Gasteiger partial charge in [-0.15, -0.1) is 0 Å². The normalized spacial score (nSPS) is 23.7. The first-order valence-corrected chi connectivity index (χ1v) is 4.77. The van der Waals surface area contributed by atoms with E-state index < -0.39 is 6.23 Å². The van der Waals surface area contributed by atoms with Crippen molar-refractivity contribution in [1.29, 1.82) is 0 Å². The fourth-order valence-corrected chi connectivity index (χ4v) is 1.68. The number of benzene rings is 1. The average molecular weight is 205 g/mol. The Morgan fingerprint density at radius 3 is 2.73 bits per heavy atom. The van der Waals surface area contributed by atoms with Gasteiger partial charge in [0.25, 0.3) is 0 Å². The van der Waals surface area contributed by atoms with Crippen molar-refractivity contribution in [3.05, 3.63) is 58.3 Å². The molecular formula is C11H11NO3. The van der Waals surface area contributed by atoms with Crippen LogP contribution in [-0.2, 0) is 11.2 Å². The van der Waals surface area contributed by atoms with E-state index in [9.17, 15) is 10.1 Å². The van der Waals surface area contributed by atoms with Gasteiger partial charge in [-0.3, -0.25) is 10.1 Å². The average Bonchev–Trinajstić information content (AvgIpc) is 2.67. The zero-order chi connectivity index (χ0) is 10.7. The maximum absolute atomic E-state index is 10.6. The highest BCUT2D eigenvalue weighted by molar-refractivity contribution is 5.17. The first kappa shape index (κ1) is 9.71. The molecule has 1 aliphatic heterocycles. The highest BCUT2D eigenvalue weighted by Crippen LogP contribution is 2.22. The van der Waals surface area contributed by atoms with E-state index in [-0.39, 0.29) is 10.8 Å². The summed E-state index contributed by atoms with van der Waals surface area (Å²) >= 11 is 0. The second kappa shape index (κ2) is 4.13. The quantitative estimate of drug-likeness (QED) is 0.560. The molecule has 0 aliphatic carbocycles. The Kier molecular flexibility index (Phi) is 2.67. The predicted octanol–water partition coefficient (Wildman–Crippen LogP) is 1.99. The van der Waals surface area contributed by atoms with Crippen LogP contribution in [0, 0.1) is 16.0 Å². The molecule has 1 aliphatic rings. The molecule has 4 nitrogen and oxygen atoms in total. The standard InChI is InChI=1S/C11H11NO3/c13-12(14)11-10(6-7-15-11)8-9-4-2-1-3-5-9/h1-7,10-11H,8H2/t10-,11+/m0/s1. The van der Waals surface area contributed by atoms with Crippen LogP contribution in [-0.4, -0.2) is 11.2 Å². The van der Waals surface area contributed by atoms with Crippen LogP contribution in [0.2, 0.25) is 0 Å². The van der Waals surface area contributed by atoms with Crippen molar-refractivity contribution >= 4 is 0 Å². The lowest BCUT2D eigenvalue weighted by Gasteiger charge is -2.10. The highest BCUT2D eigenvalue weighted by atomic mass is 16.7. The third-order valence-electron chi connectivity index (χ3n) is 2.43. The van der Waals surface area contributed by atoms with Crippen molar-refractivity contribution < 1.29 is 9.66 Å². The van der Waals surface area contributed by atoms with Gasteiger partial charge in [0.2, 0.25) is 0 Å². The van der Waals surface area contributed by atoms with Crippen molar-refractivity contribution in [2.24, 2.45) is 5.92 Å². The Labute approximate surface area is 87.3 Å².